The fourth-order valence-corrected chi connectivity index (χ4v) is 2.26. The van der Waals surface area contributed by atoms with Gasteiger partial charge in [0.05, 0.1) is 10.7 Å². The summed E-state index contributed by atoms with van der Waals surface area (Å²) < 4.78 is 23.1. The lowest BCUT2D eigenvalue weighted by molar-refractivity contribution is -0.155. The lowest BCUT2D eigenvalue weighted by atomic mass is 10.3. The number of hydrogen-bond acceptors (Lipinski definition) is 4. The minimum Gasteiger partial charge on any atom is -0.482 e. The molecule has 0 saturated heterocycles. The Labute approximate surface area is 153 Å². The van der Waals surface area contributed by atoms with Crippen LogP contribution in [-0.4, -0.2) is 24.6 Å². The number of anilines is 1. The highest BCUT2D eigenvalue weighted by atomic mass is 35.5. The first-order valence-corrected chi connectivity index (χ1v) is 7.94. The Morgan fingerprint density at radius 2 is 1.96 bits per heavy atom. The number of amides is 1. The Bertz CT molecular complexity index is 785. The third-order valence-corrected chi connectivity index (χ3v) is 3.57. The highest BCUT2D eigenvalue weighted by Crippen LogP contribution is 2.25. The van der Waals surface area contributed by atoms with E-state index in [2.05, 4.69) is 5.32 Å². The van der Waals surface area contributed by atoms with Crippen LogP contribution < -0.4 is 10.1 Å². The Kier molecular flexibility index (Phi) is 6.61. The van der Waals surface area contributed by atoms with Gasteiger partial charge in [-0.15, -0.1) is 0 Å². The van der Waals surface area contributed by atoms with Crippen molar-refractivity contribution < 1.29 is 23.5 Å². The van der Waals surface area contributed by atoms with Crippen LogP contribution in [0.3, 0.4) is 0 Å². The first kappa shape index (κ1) is 19.0. The van der Waals surface area contributed by atoms with Gasteiger partial charge in [-0.25, -0.2) is 9.18 Å². The Morgan fingerprint density at radius 1 is 1.20 bits per heavy atom. The quantitative estimate of drug-likeness (QED) is 0.760. The summed E-state index contributed by atoms with van der Waals surface area (Å²) in [6, 6.07) is 9.89. The summed E-state index contributed by atoms with van der Waals surface area (Å²) in [5, 5.41) is 3.21. The SMILES string of the molecule is C[C@@H](OC(=O)COc1cccc(F)c1)C(=O)Nc1ccc(Cl)cc1Cl. The second-order valence-corrected chi connectivity index (χ2v) is 5.84. The zero-order valence-corrected chi connectivity index (χ0v) is 14.6. The molecule has 0 aromatic heterocycles. The van der Waals surface area contributed by atoms with Crippen LogP contribution in [-0.2, 0) is 14.3 Å². The van der Waals surface area contributed by atoms with Gasteiger partial charge in [0.1, 0.15) is 11.6 Å². The molecular formula is C17H14Cl2FNO4. The molecule has 0 unspecified atom stereocenters. The van der Waals surface area contributed by atoms with Crippen molar-refractivity contribution in [1.82, 2.24) is 0 Å². The summed E-state index contributed by atoms with van der Waals surface area (Å²) in [6.45, 7) is 0.946. The van der Waals surface area contributed by atoms with Gasteiger partial charge < -0.3 is 14.8 Å². The van der Waals surface area contributed by atoms with Crippen LogP contribution in [0.1, 0.15) is 6.92 Å². The third-order valence-electron chi connectivity index (χ3n) is 3.02. The van der Waals surface area contributed by atoms with E-state index in [1.165, 1.54) is 37.3 Å². The predicted octanol–water partition coefficient (Wildman–Crippen LogP) is 4.08. The molecule has 25 heavy (non-hydrogen) atoms. The average molecular weight is 386 g/mol. The zero-order chi connectivity index (χ0) is 18.4. The number of esters is 1. The summed E-state index contributed by atoms with van der Waals surface area (Å²) in [7, 11) is 0. The van der Waals surface area contributed by atoms with Crippen molar-refractivity contribution in [1.29, 1.82) is 0 Å². The highest BCUT2D eigenvalue weighted by molar-refractivity contribution is 6.36. The van der Waals surface area contributed by atoms with Crippen LogP contribution in [0.5, 0.6) is 5.75 Å². The summed E-state index contributed by atoms with van der Waals surface area (Å²) in [5.41, 5.74) is 0.343. The van der Waals surface area contributed by atoms with Crippen molar-refractivity contribution >= 4 is 40.8 Å². The average Bonchev–Trinajstić information content (AvgIpc) is 2.55. The maximum absolute atomic E-state index is 13.0. The predicted molar refractivity (Wildman–Crippen MR) is 92.5 cm³/mol. The minimum absolute atomic E-state index is 0.182. The molecule has 0 heterocycles. The van der Waals surface area contributed by atoms with E-state index in [9.17, 15) is 14.0 Å². The molecule has 0 spiro atoms. The largest absolute Gasteiger partial charge is 0.482 e. The van der Waals surface area contributed by atoms with Crippen LogP contribution in [0.25, 0.3) is 0 Å². The molecule has 2 aromatic rings. The summed E-state index contributed by atoms with van der Waals surface area (Å²) >= 11 is 11.7. The number of nitrogens with one attached hydrogen (secondary N) is 1. The Hall–Kier alpha value is -2.31. The van der Waals surface area contributed by atoms with Crippen LogP contribution in [0, 0.1) is 5.82 Å². The van der Waals surface area contributed by atoms with Gasteiger partial charge in [-0.2, -0.15) is 0 Å². The van der Waals surface area contributed by atoms with Crippen molar-refractivity contribution in [3.63, 3.8) is 0 Å². The van der Waals surface area contributed by atoms with E-state index in [1.807, 2.05) is 0 Å². The van der Waals surface area contributed by atoms with E-state index in [4.69, 9.17) is 32.7 Å². The maximum atomic E-state index is 13.0. The van der Waals surface area contributed by atoms with E-state index in [-0.39, 0.29) is 10.8 Å². The molecule has 0 saturated carbocycles. The fourth-order valence-electron chi connectivity index (χ4n) is 1.81. The van der Waals surface area contributed by atoms with Crippen molar-refractivity contribution in [3.8, 4) is 5.75 Å². The molecule has 2 rings (SSSR count). The number of carbonyl (C=O) groups excluding carboxylic acids is 2. The molecule has 1 atom stereocenters. The Balaban J connectivity index is 1.84. The van der Waals surface area contributed by atoms with Crippen molar-refractivity contribution in [2.75, 3.05) is 11.9 Å². The molecule has 0 aliphatic carbocycles. The molecule has 1 N–H and O–H groups in total. The van der Waals surface area contributed by atoms with Gasteiger partial charge in [0, 0.05) is 11.1 Å². The standard InChI is InChI=1S/C17H14Cl2FNO4/c1-10(17(23)21-15-6-5-11(18)7-14(15)19)25-16(22)9-24-13-4-2-3-12(20)8-13/h2-8,10H,9H2,1H3,(H,21,23)/t10-/m1/s1. The first-order chi connectivity index (χ1) is 11.8. The van der Waals surface area contributed by atoms with E-state index in [0.717, 1.165) is 6.07 Å². The molecule has 5 nitrogen and oxygen atoms in total. The molecule has 8 heteroatoms. The van der Waals surface area contributed by atoms with Crippen molar-refractivity contribution in [2.24, 2.45) is 0 Å². The third kappa shape index (κ3) is 5.92. The van der Waals surface area contributed by atoms with Gasteiger partial charge in [-0.3, -0.25) is 4.79 Å². The molecular weight excluding hydrogens is 372 g/mol. The topological polar surface area (TPSA) is 64.6 Å². The summed E-state index contributed by atoms with van der Waals surface area (Å²) in [4.78, 5) is 23.7. The summed E-state index contributed by atoms with van der Waals surface area (Å²) in [6.07, 6.45) is -1.07. The first-order valence-electron chi connectivity index (χ1n) is 7.19. The Morgan fingerprint density at radius 3 is 2.64 bits per heavy atom. The lowest BCUT2D eigenvalue weighted by Crippen LogP contribution is -2.31. The molecule has 0 aliphatic heterocycles. The normalized spacial score (nSPS) is 11.5. The minimum atomic E-state index is -1.07. The van der Waals surface area contributed by atoms with Crippen LogP contribution in [0.15, 0.2) is 42.5 Å². The van der Waals surface area contributed by atoms with Gasteiger partial charge in [-0.1, -0.05) is 29.3 Å². The fraction of sp³-hybridized carbons (Fsp3) is 0.176. The van der Waals surface area contributed by atoms with Gasteiger partial charge in [0.25, 0.3) is 5.91 Å². The lowest BCUT2D eigenvalue weighted by Gasteiger charge is -2.14. The number of benzene rings is 2. The van der Waals surface area contributed by atoms with E-state index >= 15 is 0 Å². The van der Waals surface area contributed by atoms with Crippen molar-refractivity contribution in [2.45, 2.75) is 13.0 Å². The van der Waals surface area contributed by atoms with E-state index < -0.39 is 30.4 Å². The van der Waals surface area contributed by atoms with E-state index in [0.29, 0.717) is 10.7 Å². The number of rotatable bonds is 6. The molecule has 0 aliphatic rings. The summed E-state index contributed by atoms with van der Waals surface area (Å²) in [5.74, 6) is -1.64. The molecule has 0 fully saturated rings. The van der Waals surface area contributed by atoms with Crippen LogP contribution >= 0.6 is 23.2 Å². The number of hydrogen-bond donors (Lipinski definition) is 1. The highest BCUT2D eigenvalue weighted by Gasteiger charge is 2.19. The molecule has 2 aromatic carbocycles. The van der Waals surface area contributed by atoms with Crippen molar-refractivity contribution in [3.05, 3.63) is 58.3 Å². The van der Waals surface area contributed by atoms with Gasteiger partial charge in [-0.05, 0) is 37.3 Å². The van der Waals surface area contributed by atoms with E-state index in [1.54, 1.807) is 6.07 Å². The maximum Gasteiger partial charge on any atom is 0.344 e. The second kappa shape index (κ2) is 8.69. The number of ether oxygens (including phenoxy) is 2. The molecule has 1 amide bonds. The zero-order valence-electron chi connectivity index (χ0n) is 13.1. The van der Waals surface area contributed by atoms with Crippen LogP contribution in [0.4, 0.5) is 10.1 Å². The smallest absolute Gasteiger partial charge is 0.344 e. The number of halogens is 3. The number of carbonyl (C=O) groups is 2. The molecule has 0 bridgehead atoms. The van der Waals surface area contributed by atoms with Gasteiger partial charge in [0.2, 0.25) is 0 Å². The van der Waals surface area contributed by atoms with Gasteiger partial charge in [0.15, 0.2) is 12.7 Å². The second-order valence-electron chi connectivity index (χ2n) is 4.99. The van der Waals surface area contributed by atoms with Gasteiger partial charge >= 0.3 is 5.97 Å². The molecule has 132 valence electrons. The van der Waals surface area contributed by atoms with Crippen LogP contribution in [0.2, 0.25) is 10.0 Å². The molecule has 0 radical (unpaired) electrons. The monoisotopic (exact) mass is 385 g/mol.